The highest BCUT2D eigenvalue weighted by molar-refractivity contribution is 7.80. The average molecular weight is 478 g/mol. The van der Waals surface area contributed by atoms with Gasteiger partial charge < -0.3 is 16.0 Å². The molecule has 12 heteroatoms. The van der Waals surface area contributed by atoms with Gasteiger partial charge in [-0.1, -0.05) is 17.7 Å². The summed E-state index contributed by atoms with van der Waals surface area (Å²) in [5.74, 6) is -0.797. The lowest BCUT2D eigenvalue weighted by molar-refractivity contribution is -0.384. The first-order valence-electron chi connectivity index (χ1n) is 8.56. The number of thiocarbonyl (C=S) groups is 2. The van der Waals surface area contributed by atoms with E-state index in [1.165, 1.54) is 31.2 Å². The van der Waals surface area contributed by atoms with E-state index in [-0.39, 0.29) is 26.8 Å². The van der Waals surface area contributed by atoms with Crippen molar-refractivity contribution in [2.24, 2.45) is 0 Å². The summed E-state index contributed by atoms with van der Waals surface area (Å²) in [6.45, 7) is 1.35. The van der Waals surface area contributed by atoms with Crippen LogP contribution in [0.4, 0.5) is 17.1 Å². The number of halogens is 1. The lowest BCUT2D eigenvalue weighted by atomic mass is 10.2. The fourth-order valence-electron chi connectivity index (χ4n) is 2.22. The second-order valence-electron chi connectivity index (χ2n) is 5.96. The van der Waals surface area contributed by atoms with Crippen molar-refractivity contribution in [3.63, 3.8) is 0 Å². The van der Waals surface area contributed by atoms with E-state index in [4.69, 9.17) is 36.0 Å². The van der Waals surface area contributed by atoms with Crippen LogP contribution in [0.2, 0.25) is 5.02 Å². The van der Waals surface area contributed by atoms with Crippen molar-refractivity contribution in [1.29, 1.82) is 0 Å². The number of benzene rings is 2. The quantitative estimate of drug-likeness (QED) is 0.223. The Morgan fingerprint density at radius 1 is 1.00 bits per heavy atom. The standard InChI is InChI=1S/C19H16ClN5O4S2/c1-11(26)21-18(30)22-13-4-6-14(7-5-13)23-19(31)24-17(27)9-3-12-2-8-15(20)16(10-12)25(28)29/h2-10H,1H3,(H2,21,22,26,30)(H2,23,24,27,31). The van der Waals surface area contributed by atoms with Gasteiger partial charge in [-0.05, 0) is 66.4 Å². The molecule has 4 N–H and O–H groups in total. The van der Waals surface area contributed by atoms with Crippen LogP contribution in [0.25, 0.3) is 6.08 Å². The maximum atomic E-state index is 12.0. The predicted octanol–water partition coefficient (Wildman–Crippen LogP) is 3.61. The van der Waals surface area contributed by atoms with Gasteiger partial charge in [0.05, 0.1) is 4.92 Å². The number of anilines is 2. The lowest BCUT2D eigenvalue weighted by Gasteiger charge is -2.11. The van der Waals surface area contributed by atoms with Crippen molar-refractivity contribution in [3.05, 3.63) is 69.2 Å². The Morgan fingerprint density at radius 3 is 2.06 bits per heavy atom. The highest BCUT2D eigenvalue weighted by atomic mass is 35.5. The first-order valence-corrected chi connectivity index (χ1v) is 9.76. The Bertz CT molecular complexity index is 1070. The molecule has 0 aliphatic carbocycles. The fraction of sp³-hybridized carbons (Fsp3) is 0.0526. The number of nitro benzene ring substituents is 1. The molecule has 31 heavy (non-hydrogen) atoms. The number of hydrogen-bond acceptors (Lipinski definition) is 6. The summed E-state index contributed by atoms with van der Waals surface area (Å²) >= 11 is 15.8. The van der Waals surface area contributed by atoms with Crippen LogP contribution in [-0.2, 0) is 9.59 Å². The number of carbonyl (C=O) groups is 2. The van der Waals surface area contributed by atoms with Crippen LogP contribution < -0.4 is 21.3 Å². The van der Waals surface area contributed by atoms with E-state index in [0.717, 1.165) is 0 Å². The smallest absolute Gasteiger partial charge is 0.288 e. The van der Waals surface area contributed by atoms with Gasteiger partial charge in [0.2, 0.25) is 11.8 Å². The zero-order chi connectivity index (χ0) is 23.0. The van der Waals surface area contributed by atoms with Crippen LogP contribution in [0.1, 0.15) is 12.5 Å². The number of rotatable bonds is 5. The molecule has 0 unspecified atom stereocenters. The molecular formula is C19H16ClN5O4S2. The van der Waals surface area contributed by atoms with Gasteiger partial charge in [0.25, 0.3) is 5.69 Å². The summed E-state index contributed by atoms with van der Waals surface area (Å²) in [6.07, 6.45) is 2.59. The molecule has 160 valence electrons. The molecule has 0 saturated heterocycles. The molecule has 2 aromatic rings. The SMILES string of the molecule is CC(=O)NC(=S)Nc1ccc(NC(=S)NC(=O)C=Cc2ccc(Cl)c([N+](=O)[O-])c2)cc1. The van der Waals surface area contributed by atoms with E-state index in [1.807, 2.05) is 0 Å². The van der Waals surface area contributed by atoms with Crippen molar-refractivity contribution in [2.75, 3.05) is 10.6 Å². The van der Waals surface area contributed by atoms with Crippen LogP contribution in [-0.4, -0.2) is 27.0 Å². The maximum Gasteiger partial charge on any atom is 0.288 e. The van der Waals surface area contributed by atoms with Gasteiger partial charge in [-0.15, -0.1) is 0 Å². The topological polar surface area (TPSA) is 125 Å². The van der Waals surface area contributed by atoms with E-state index in [1.54, 1.807) is 30.3 Å². The molecule has 0 saturated carbocycles. The van der Waals surface area contributed by atoms with Crippen LogP contribution >= 0.6 is 36.0 Å². The summed E-state index contributed by atoms with van der Waals surface area (Å²) in [5, 5.41) is 21.8. The molecule has 0 radical (unpaired) electrons. The highest BCUT2D eigenvalue weighted by Crippen LogP contribution is 2.25. The van der Waals surface area contributed by atoms with Crippen molar-refractivity contribution < 1.29 is 14.5 Å². The van der Waals surface area contributed by atoms with Crippen LogP contribution in [0.5, 0.6) is 0 Å². The van der Waals surface area contributed by atoms with Gasteiger partial charge >= 0.3 is 0 Å². The van der Waals surface area contributed by atoms with Crippen LogP contribution in [0.3, 0.4) is 0 Å². The van der Waals surface area contributed by atoms with Gasteiger partial charge in [0.15, 0.2) is 10.2 Å². The van der Waals surface area contributed by atoms with E-state index >= 15 is 0 Å². The Morgan fingerprint density at radius 2 is 1.55 bits per heavy atom. The second-order valence-corrected chi connectivity index (χ2v) is 7.18. The summed E-state index contributed by atoms with van der Waals surface area (Å²) in [6, 6.07) is 11.0. The molecule has 0 bridgehead atoms. The summed E-state index contributed by atoms with van der Waals surface area (Å²) in [7, 11) is 0. The normalized spacial score (nSPS) is 10.3. The molecule has 2 aromatic carbocycles. The van der Waals surface area contributed by atoms with E-state index in [0.29, 0.717) is 16.9 Å². The molecule has 0 heterocycles. The van der Waals surface area contributed by atoms with Crippen LogP contribution in [0.15, 0.2) is 48.5 Å². The number of hydrogen-bond donors (Lipinski definition) is 4. The van der Waals surface area contributed by atoms with E-state index in [9.17, 15) is 19.7 Å². The first-order chi connectivity index (χ1) is 14.6. The second kappa shape index (κ2) is 11.1. The average Bonchev–Trinajstić information content (AvgIpc) is 2.68. The van der Waals surface area contributed by atoms with E-state index < -0.39 is 10.8 Å². The summed E-state index contributed by atoms with van der Waals surface area (Å²) in [4.78, 5) is 33.3. The minimum absolute atomic E-state index is 0.00939. The molecule has 9 nitrogen and oxygen atoms in total. The molecule has 0 aliphatic rings. The lowest BCUT2D eigenvalue weighted by Crippen LogP contribution is -2.33. The van der Waals surface area contributed by atoms with Crippen molar-refractivity contribution in [3.8, 4) is 0 Å². The third-order valence-electron chi connectivity index (χ3n) is 3.52. The Kier molecular flexibility index (Phi) is 8.55. The number of nitro groups is 1. The predicted molar refractivity (Wildman–Crippen MR) is 128 cm³/mol. The highest BCUT2D eigenvalue weighted by Gasteiger charge is 2.12. The van der Waals surface area contributed by atoms with Gasteiger partial charge in [0.1, 0.15) is 5.02 Å². The van der Waals surface area contributed by atoms with Gasteiger partial charge in [0, 0.05) is 30.4 Å². The van der Waals surface area contributed by atoms with Gasteiger partial charge in [-0.2, -0.15) is 0 Å². The third kappa shape index (κ3) is 8.09. The third-order valence-corrected chi connectivity index (χ3v) is 4.25. The first kappa shape index (κ1) is 23.9. The Hall–Kier alpha value is -3.41. The van der Waals surface area contributed by atoms with Gasteiger partial charge in [-0.25, -0.2) is 0 Å². The molecule has 0 aliphatic heterocycles. The number of carbonyl (C=O) groups excluding carboxylic acids is 2. The van der Waals surface area contributed by atoms with Crippen molar-refractivity contribution in [2.45, 2.75) is 6.92 Å². The van der Waals surface area contributed by atoms with Crippen LogP contribution in [0, 0.1) is 10.1 Å². The molecule has 0 fully saturated rings. The molecule has 0 aromatic heterocycles. The zero-order valence-electron chi connectivity index (χ0n) is 16.0. The molecular weight excluding hydrogens is 462 g/mol. The molecule has 2 amide bonds. The molecule has 0 spiro atoms. The van der Waals surface area contributed by atoms with Crippen molar-refractivity contribution in [1.82, 2.24) is 10.6 Å². The maximum absolute atomic E-state index is 12.0. The fourth-order valence-corrected chi connectivity index (χ4v) is 2.89. The van der Waals surface area contributed by atoms with E-state index in [2.05, 4.69) is 21.3 Å². The monoisotopic (exact) mass is 477 g/mol. The van der Waals surface area contributed by atoms with Crippen molar-refractivity contribution >= 4 is 81.2 Å². The summed E-state index contributed by atoms with van der Waals surface area (Å²) < 4.78 is 0. The summed E-state index contributed by atoms with van der Waals surface area (Å²) in [5.41, 5.74) is 1.44. The molecule has 2 rings (SSSR count). The number of amides is 2. The zero-order valence-corrected chi connectivity index (χ0v) is 18.4. The Balaban J connectivity index is 1.89. The minimum atomic E-state index is -0.604. The Labute approximate surface area is 193 Å². The number of nitrogens with one attached hydrogen (secondary N) is 4. The number of nitrogens with zero attached hydrogens (tertiary/aromatic N) is 1. The van der Waals surface area contributed by atoms with Gasteiger partial charge in [-0.3, -0.25) is 25.0 Å². The largest absolute Gasteiger partial charge is 0.332 e. The minimum Gasteiger partial charge on any atom is -0.332 e. The molecule has 0 atom stereocenters.